The van der Waals surface area contributed by atoms with Gasteiger partial charge in [-0.05, 0) is 38.1 Å². The first-order valence-corrected chi connectivity index (χ1v) is 9.72. The van der Waals surface area contributed by atoms with Crippen LogP contribution in [0.25, 0.3) is 0 Å². The topological polar surface area (TPSA) is 50.7 Å². The molecule has 0 bridgehead atoms. The number of nitrogens with zero attached hydrogens (tertiary/aromatic N) is 4. The lowest BCUT2D eigenvalue weighted by Gasteiger charge is -2.44. The van der Waals surface area contributed by atoms with Gasteiger partial charge in [0.2, 0.25) is 0 Å². The molecule has 0 saturated carbocycles. The maximum absolute atomic E-state index is 6.04. The monoisotopic (exact) mass is 346 g/mol. The van der Waals surface area contributed by atoms with Crippen molar-refractivity contribution >= 4 is 5.82 Å². The fourth-order valence-electron chi connectivity index (χ4n) is 4.65. The molecule has 1 atom stereocenters. The van der Waals surface area contributed by atoms with Crippen molar-refractivity contribution in [2.45, 2.75) is 25.7 Å². The third kappa shape index (κ3) is 4.30. The van der Waals surface area contributed by atoms with Crippen LogP contribution in [0.1, 0.15) is 25.7 Å². The van der Waals surface area contributed by atoms with E-state index >= 15 is 0 Å². The molecule has 6 nitrogen and oxygen atoms in total. The smallest absolute Gasteiger partial charge is 0.147 e. The molecule has 1 aromatic heterocycles. The highest BCUT2D eigenvalue weighted by Gasteiger charge is 2.39. The van der Waals surface area contributed by atoms with Crippen LogP contribution in [0.4, 0.5) is 5.82 Å². The number of aromatic nitrogens is 2. The van der Waals surface area contributed by atoms with Crippen LogP contribution in [0, 0.1) is 11.3 Å². The highest BCUT2D eigenvalue weighted by atomic mass is 16.5. The average Bonchev–Trinajstić information content (AvgIpc) is 2.86. The van der Waals surface area contributed by atoms with Crippen LogP contribution in [0.5, 0.6) is 0 Å². The Morgan fingerprint density at radius 2 is 2.00 bits per heavy atom. The summed E-state index contributed by atoms with van der Waals surface area (Å²) < 4.78 is 11.6. The summed E-state index contributed by atoms with van der Waals surface area (Å²) in [5.41, 5.74) is 0.220. The Morgan fingerprint density at radius 3 is 2.84 bits per heavy atom. The molecule has 0 aliphatic carbocycles. The van der Waals surface area contributed by atoms with Crippen LogP contribution >= 0.6 is 0 Å². The van der Waals surface area contributed by atoms with Gasteiger partial charge in [0.25, 0.3) is 0 Å². The normalized spacial score (nSPS) is 29.7. The van der Waals surface area contributed by atoms with Crippen molar-refractivity contribution in [3.05, 3.63) is 18.6 Å². The summed E-state index contributed by atoms with van der Waals surface area (Å²) in [6.45, 7) is 9.03. The summed E-state index contributed by atoms with van der Waals surface area (Å²) >= 11 is 0. The lowest BCUT2D eigenvalue weighted by molar-refractivity contribution is -0.00279. The molecule has 1 aromatic rings. The maximum Gasteiger partial charge on any atom is 0.147 e. The van der Waals surface area contributed by atoms with E-state index in [1.165, 1.54) is 38.8 Å². The van der Waals surface area contributed by atoms with Crippen molar-refractivity contribution in [1.29, 1.82) is 0 Å². The van der Waals surface area contributed by atoms with Crippen LogP contribution < -0.4 is 4.90 Å². The van der Waals surface area contributed by atoms with Crippen molar-refractivity contribution in [3.8, 4) is 0 Å². The Morgan fingerprint density at radius 1 is 1.08 bits per heavy atom. The van der Waals surface area contributed by atoms with E-state index in [2.05, 4.69) is 19.8 Å². The number of ether oxygens (including phenoxy) is 2. The molecule has 1 spiro atoms. The van der Waals surface area contributed by atoms with E-state index in [0.29, 0.717) is 0 Å². The van der Waals surface area contributed by atoms with Gasteiger partial charge >= 0.3 is 0 Å². The van der Waals surface area contributed by atoms with Crippen LogP contribution in [0.15, 0.2) is 18.6 Å². The molecule has 3 aliphatic heterocycles. The minimum Gasteiger partial charge on any atom is -0.381 e. The quantitative estimate of drug-likeness (QED) is 0.832. The second kappa shape index (κ2) is 7.98. The number of anilines is 1. The fraction of sp³-hybridized carbons (Fsp3) is 0.789. The largest absolute Gasteiger partial charge is 0.381 e. The lowest BCUT2D eigenvalue weighted by atomic mass is 9.79. The van der Waals surface area contributed by atoms with Gasteiger partial charge in [-0.25, -0.2) is 4.98 Å². The molecule has 6 heteroatoms. The number of rotatable bonds is 3. The van der Waals surface area contributed by atoms with E-state index in [1.807, 2.05) is 6.20 Å². The summed E-state index contributed by atoms with van der Waals surface area (Å²) in [7, 11) is 0. The lowest BCUT2D eigenvalue weighted by Crippen LogP contribution is -2.51. The Bertz CT molecular complexity index is 537. The number of piperidine rings is 1. The molecule has 0 amide bonds. The molecule has 138 valence electrons. The van der Waals surface area contributed by atoms with Crippen LogP contribution in [-0.2, 0) is 9.47 Å². The number of hydrogen-bond acceptors (Lipinski definition) is 6. The molecule has 4 rings (SSSR count). The average molecular weight is 346 g/mol. The summed E-state index contributed by atoms with van der Waals surface area (Å²) in [5.74, 6) is 1.78. The zero-order valence-electron chi connectivity index (χ0n) is 15.1. The van der Waals surface area contributed by atoms with E-state index in [-0.39, 0.29) is 5.41 Å². The highest BCUT2D eigenvalue weighted by Crippen LogP contribution is 2.34. The third-order valence-electron chi connectivity index (χ3n) is 5.91. The van der Waals surface area contributed by atoms with E-state index in [9.17, 15) is 0 Å². The van der Waals surface area contributed by atoms with Gasteiger partial charge in [0, 0.05) is 57.2 Å². The molecule has 25 heavy (non-hydrogen) atoms. The molecule has 3 fully saturated rings. The van der Waals surface area contributed by atoms with E-state index in [0.717, 1.165) is 57.8 Å². The van der Waals surface area contributed by atoms with Crippen molar-refractivity contribution < 1.29 is 9.47 Å². The first kappa shape index (κ1) is 17.2. The van der Waals surface area contributed by atoms with Gasteiger partial charge in [-0.3, -0.25) is 4.98 Å². The predicted octanol–water partition coefficient (Wildman–Crippen LogP) is 1.82. The molecule has 3 aliphatic rings. The second-order valence-electron chi connectivity index (χ2n) is 7.93. The number of hydrogen-bond donors (Lipinski definition) is 0. The van der Waals surface area contributed by atoms with E-state index in [1.54, 1.807) is 12.4 Å². The molecule has 4 heterocycles. The summed E-state index contributed by atoms with van der Waals surface area (Å²) in [4.78, 5) is 13.8. The van der Waals surface area contributed by atoms with Gasteiger partial charge in [-0.15, -0.1) is 0 Å². The highest BCUT2D eigenvalue weighted by molar-refractivity contribution is 5.36. The number of likely N-dealkylation sites (tertiary alicyclic amines) is 1. The third-order valence-corrected chi connectivity index (χ3v) is 5.91. The van der Waals surface area contributed by atoms with Crippen molar-refractivity contribution in [2.24, 2.45) is 11.3 Å². The van der Waals surface area contributed by atoms with Gasteiger partial charge < -0.3 is 19.3 Å². The van der Waals surface area contributed by atoms with Crippen LogP contribution in [0.3, 0.4) is 0 Å². The maximum atomic E-state index is 6.04. The molecule has 0 radical (unpaired) electrons. The second-order valence-corrected chi connectivity index (χ2v) is 7.93. The van der Waals surface area contributed by atoms with Gasteiger partial charge in [0.1, 0.15) is 5.82 Å². The Balaban J connectivity index is 1.43. The first-order valence-electron chi connectivity index (χ1n) is 9.72. The predicted molar refractivity (Wildman–Crippen MR) is 96.7 cm³/mol. The molecule has 0 aromatic carbocycles. The van der Waals surface area contributed by atoms with E-state index < -0.39 is 0 Å². The van der Waals surface area contributed by atoms with Crippen molar-refractivity contribution in [1.82, 2.24) is 14.9 Å². The minimum atomic E-state index is 0.220. The van der Waals surface area contributed by atoms with E-state index in [4.69, 9.17) is 9.47 Å². The molecule has 0 unspecified atom stereocenters. The molecule has 0 N–H and O–H groups in total. The Kier molecular flexibility index (Phi) is 5.48. The van der Waals surface area contributed by atoms with Crippen LogP contribution in [-0.4, -0.2) is 74.0 Å². The standard InChI is InChI=1S/C19H30N4O2/c1-4-19(14-22(7-1)13-17-2-9-24-10-3-17)15-23(8-11-25-16-19)18-12-20-5-6-21-18/h5-6,12,17H,1-4,7-11,13-16H2/t19-/m1/s1. The van der Waals surface area contributed by atoms with Gasteiger partial charge in [-0.1, -0.05) is 0 Å². The van der Waals surface area contributed by atoms with Crippen molar-refractivity contribution in [2.75, 3.05) is 64.1 Å². The zero-order chi connectivity index (χ0) is 17.0. The van der Waals surface area contributed by atoms with Crippen molar-refractivity contribution in [3.63, 3.8) is 0 Å². The molecular weight excluding hydrogens is 316 g/mol. The Hall–Kier alpha value is -1.24. The molecular formula is C19H30N4O2. The Labute approximate surface area is 150 Å². The van der Waals surface area contributed by atoms with Gasteiger partial charge in [0.15, 0.2) is 0 Å². The summed E-state index contributed by atoms with van der Waals surface area (Å²) in [6.07, 6.45) is 10.3. The fourth-order valence-corrected chi connectivity index (χ4v) is 4.65. The SMILES string of the molecule is c1cnc(N2CCOC[C@@]3(CCCN(CC4CCOCC4)C3)C2)cn1. The summed E-state index contributed by atoms with van der Waals surface area (Å²) in [5, 5.41) is 0. The minimum absolute atomic E-state index is 0.220. The first-order chi connectivity index (χ1) is 12.3. The zero-order valence-corrected chi connectivity index (χ0v) is 15.1. The van der Waals surface area contributed by atoms with Gasteiger partial charge in [-0.2, -0.15) is 0 Å². The van der Waals surface area contributed by atoms with Crippen LogP contribution in [0.2, 0.25) is 0 Å². The molecule has 3 saturated heterocycles. The van der Waals surface area contributed by atoms with Gasteiger partial charge in [0.05, 0.1) is 19.4 Å². The summed E-state index contributed by atoms with van der Waals surface area (Å²) in [6, 6.07) is 0.